The quantitative estimate of drug-likeness (QED) is 0.0313. The second-order valence-corrected chi connectivity index (χ2v) is 27.7. The molecule has 1 saturated carbocycles. The maximum atomic E-state index is 6.06. The number of tetrazole rings is 4. The van der Waals surface area contributed by atoms with Crippen LogP contribution < -0.4 is 40.2 Å². The highest BCUT2D eigenvalue weighted by molar-refractivity contribution is 5.81. The molecule has 13 aromatic heterocycles. The second-order valence-electron chi connectivity index (χ2n) is 27.7. The molecule has 0 saturated heterocycles. The van der Waals surface area contributed by atoms with Crippen molar-refractivity contribution >= 4 is 67.4 Å². The third kappa shape index (κ3) is 19.4. The molecule has 4 aromatic carbocycles. The van der Waals surface area contributed by atoms with Gasteiger partial charge in [0.15, 0.2) is 0 Å². The molecule has 0 bridgehead atoms. The normalized spacial score (nSPS) is 11.6. The number of anilines is 4. The van der Waals surface area contributed by atoms with Crippen molar-refractivity contribution in [2.45, 2.75) is 85.2 Å². The summed E-state index contributed by atoms with van der Waals surface area (Å²) in [5.74, 6) is 5.79. The molecule has 4 N–H and O–H groups in total. The van der Waals surface area contributed by atoms with E-state index < -0.39 is 0 Å². The van der Waals surface area contributed by atoms with Crippen LogP contribution in [0.25, 0.3) is 67.9 Å². The molecule has 606 valence electrons. The first kappa shape index (κ1) is 79.4. The Balaban J connectivity index is 0.000000125. The van der Waals surface area contributed by atoms with Crippen molar-refractivity contribution in [3.63, 3.8) is 0 Å². The van der Waals surface area contributed by atoms with Crippen LogP contribution in [0.15, 0.2) is 243 Å². The summed E-state index contributed by atoms with van der Waals surface area (Å²) >= 11 is 0. The van der Waals surface area contributed by atoms with Crippen LogP contribution in [0, 0.1) is 5.92 Å². The largest absolute Gasteiger partial charge is 0.458 e. The van der Waals surface area contributed by atoms with Crippen LogP contribution in [0.2, 0.25) is 0 Å². The van der Waals surface area contributed by atoms with Crippen molar-refractivity contribution in [1.82, 2.24) is 144 Å². The molecular formula is C83H85N33O4. The van der Waals surface area contributed by atoms with Gasteiger partial charge in [0.2, 0.25) is 0 Å². The smallest absolute Gasteiger partial charge is 0.305 e. The molecule has 17 aromatic rings. The fraction of sp³-hybridized carbons (Fsp3) is 0.217. The molecule has 1 aliphatic carbocycles. The van der Waals surface area contributed by atoms with Gasteiger partial charge < -0.3 is 40.2 Å². The number of aryl methyl sites for hydroxylation is 4. The molecule has 0 amide bonds. The number of nitrogens with zero attached hydrogens (tertiary/aromatic N) is 29. The molecule has 1 fully saturated rings. The second kappa shape index (κ2) is 37.2. The number of allylic oxidation sites excluding steroid dienone is 4. The van der Waals surface area contributed by atoms with E-state index in [-0.39, 0.29) is 26.4 Å². The lowest BCUT2D eigenvalue weighted by Gasteiger charge is -2.11. The SMILES string of the molecule is C=C(CC)Nc1cccc(COc2nc3ccccc3n2-c2nnnn2C)n1.C=C(CC1CC1)Nc1cccc(COc2nc3ccccc3n2-c2nnnn2C)n1.C=C(CCC)Nc1cccc(COc2nc3ccccc3n2-c2nnnn2C)n1.C=C(Cc1ccccn1)Nc1cccc(COc2nc3ccccc3n2-c2nnnn2C)n1. The number of pyridine rings is 5. The zero-order valence-electron chi connectivity index (χ0n) is 66.8. The van der Waals surface area contributed by atoms with Crippen LogP contribution in [-0.4, -0.2) is 144 Å². The Hall–Kier alpha value is -15.9. The van der Waals surface area contributed by atoms with Crippen molar-refractivity contribution in [2.24, 2.45) is 34.1 Å². The van der Waals surface area contributed by atoms with Crippen molar-refractivity contribution in [2.75, 3.05) is 21.3 Å². The van der Waals surface area contributed by atoms with Crippen LogP contribution >= 0.6 is 0 Å². The van der Waals surface area contributed by atoms with Crippen LogP contribution in [0.3, 0.4) is 0 Å². The fourth-order valence-electron chi connectivity index (χ4n) is 12.6. The lowest BCUT2D eigenvalue weighted by atomic mass is 10.2. The Morgan fingerprint density at radius 1 is 0.350 bits per heavy atom. The molecule has 0 spiro atoms. The molecular weight excluding hydrogens is 1520 g/mol. The highest BCUT2D eigenvalue weighted by Crippen LogP contribution is 2.35. The summed E-state index contributed by atoms with van der Waals surface area (Å²) in [5.41, 5.74) is 14.3. The number of hydrogen-bond acceptors (Lipinski definition) is 29. The van der Waals surface area contributed by atoms with Crippen molar-refractivity contribution in [1.29, 1.82) is 0 Å². The highest BCUT2D eigenvalue weighted by atomic mass is 16.5. The molecule has 37 heteroatoms. The lowest BCUT2D eigenvalue weighted by Crippen LogP contribution is -2.09. The van der Waals surface area contributed by atoms with Gasteiger partial charge in [0, 0.05) is 69.3 Å². The minimum atomic E-state index is 0.219. The van der Waals surface area contributed by atoms with Crippen LogP contribution in [-0.2, 0) is 61.0 Å². The van der Waals surface area contributed by atoms with E-state index in [1.165, 1.54) is 12.8 Å². The molecule has 18 rings (SSSR count). The monoisotopic (exact) mass is 1610 g/mol. The maximum absolute atomic E-state index is 6.06. The van der Waals surface area contributed by atoms with Crippen molar-refractivity contribution < 1.29 is 18.9 Å². The van der Waals surface area contributed by atoms with Gasteiger partial charge in [0.25, 0.3) is 23.8 Å². The summed E-state index contributed by atoms with van der Waals surface area (Å²) < 4.78 is 37.6. The third-order valence-electron chi connectivity index (χ3n) is 18.5. The van der Waals surface area contributed by atoms with Gasteiger partial charge in [-0.1, -0.05) is 146 Å². The number of aromatic nitrogens is 29. The van der Waals surface area contributed by atoms with Gasteiger partial charge in [0.05, 0.1) is 66.9 Å². The van der Waals surface area contributed by atoms with Gasteiger partial charge in [-0.2, -0.15) is 19.9 Å². The van der Waals surface area contributed by atoms with E-state index in [2.05, 4.69) is 161 Å². The van der Waals surface area contributed by atoms with Gasteiger partial charge in [-0.15, -0.1) is 0 Å². The summed E-state index contributed by atoms with van der Waals surface area (Å²) in [7, 11) is 7.08. The van der Waals surface area contributed by atoms with E-state index in [0.717, 1.165) is 144 Å². The van der Waals surface area contributed by atoms with E-state index in [0.29, 0.717) is 60.1 Å². The molecule has 0 aliphatic heterocycles. The van der Waals surface area contributed by atoms with E-state index in [9.17, 15) is 0 Å². The van der Waals surface area contributed by atoms with Crippen molar-refractivity contribution in [3.05, 3.63) is 272 Å². The molecule has 120 heavy (non-hydrogen) atoms. The summed E-state index contributed by atoms with van der Waals surface area (Å²) in [4.78, 5) is 41.2. The number of para-hydroxylation sites is 8. The minimum Gasteiger partial charge on any atom is -0.458 e. The first-order valence-corrected chi connectivity index (χ1v) is 38.5. The van der Waals surface area contributed by atoms with Crippen LogP contribution in [0.4, 0.5) is 23.3 Å². The highest BCUT2D eigenvalue weighted by Gasteiger charge is 2.25. The van der Waals surface area contributed by atoms with Gasteiger partial charge in [-0.3, -0.25) is 4.98 Å². The molecule has 0 radical (unpaired) electrons. The Morgan fingerprint density at radius 2 is 0.658 bits per heavy atom. The first-order valence-electron chi connectivity index (χ1n) is 38.5. The summed E-state index contributed by atoms with van der Waals surface area (Å²) in [5, 5.41) is 60.0. The fourth-order valence-corrected chi connectivity index (χ4v) is 12.6. The number of hydrogen-bond donors (Lipinski definition) is 4. The number of benzene rings is 4. The lowest BCUT2D eigenvalue weighted by molar-refractivity contribution is 0.272. The third-order valence-corrected chi connectivity index (χ3v) is 18.5. The number of ether oxygens (including phenoxy) is 4. The topological polar surface area (TPSA) is 395 Å². The van der Waals surface area contributed by atoms with Gasteiger partial charge in [0.1, 0.15) is 49.7 Å². The summed E-state index contributed by atoms with van der Waals surface area (Å²) in [6.45, 7) is 21.3. The molecule has 0 unspecified atom stereocenters. The Bertz CT molecular complexity index is 6420. The zero-order valence-corrected chi connectivity index (χ0v) is 66.8. The molecule has 1 aliphatic rings. The van der Waals surface area contributed by atoms with Crippen molar-refractivity contribution in [3.8, 4) is 47.8 Å². The molecule has 13 heterocycles. The average molecular weight is 1610 g/mol. The van der Waals surface area contributed by atoms with Crippen LogP contribution in [0.5, 0.6) is 24.0 Å². The average Bonchev–Trinajstić information content (AvgIpc) is 1.66. The molecule has 37 nitrogen and oxygen atoms in total. The summed E-state index contributed by atoms with van der Waals surface area (Å²) in [6.07, 6.45) is 8.73. The zero-order chi connectivity index (χ0) is 82.9. The maximum Gasteiger partial charge on any atom is 0.305 e. The van der Waals surface area contributed by atoms with Gasteiger partial charge >= 0.3 is 24.0 Å². The standard InChI is InChI=1S/C23H21N9O.C21H22N8O.C20H22N8O.C19H20N8O/c1-16(14-17-8-5-6-13-24-17)25-21-12-7-9-18(26-21)15-33-23-27-19-10-3-4-11-20(19)32(23)22-28-29-30-31(22)2;1-14(12-15-10-11-15)22-19-9-5-6-16(23-19)13-30-21-24-17-7-3-4-8-18(17)29(21)20-25-26-27-28(20)2;1-4-8-14(2)21-18-12-7-9-15(22-18)13-29-20-23-16-10-5-6-11-17(16)28(20)19-24-25-26-27(19)3;1-4-13(2)20-17-11-7-8-14(21-17)12-28-19-22-15-9-5-6-10-16(15)27(19)18-23-24-25-26(18)3/h3-13H,1,14-15H2,2H3,(H,25,26);3-9,15H,1,10-13H2,2H3,(H,22,23);5-7,9-12H,2,4,8,13H2,1,3H3,(H,21,22);5-11H,2,4,12H2,1,3H3,(H,20,21). The van der Waals surface area contributed by atoms with Gasteiger partial charge in [-0.05, 0) is 189 Å². The number of fused-ring (bicyclic) bond motifs is 4. The van der Waals surface area contributed by atoms with Crippen LogP contribution in [0.1, 0.15) is 80.8 Å². The van der Waals surface area contributed by atoms with E-state index in [1.54, 1.807) is 71.4 Å². The van der Waals surface area contributed by atoms with E-state index in [4.69, 9.17) is 18.9 Å². The van der Waals surface area contributed by atoms with Gasteiger partial charge in [-0.25, -0.2) is 56.9 Å². The predicted molar refractivity (Wildman–Crippen MR) is 450 cm³/mol. The Labute approximate surface area is 687 Å². The Kier molecular flexibility index (Phi) is 24.6. The molecule has 0 atom stereocenters. The van der Waals surface area contributed by atoms with E-state index in [1.807, 2.05) is 195 Å². The Morgan fingerprint density at radius 3 is 0.958 bits per heavy atom. The predicted octanol–water partition coefficient (Wildman–Crippen LogP) is 12.4. The number of rotatable bonds is 31. The van der Waals surface area contributed by atoms with E-state index >= 15 is 0 Å². The number of imidazole rings is 4. The first-order chi connectivity index (χ1) is 58.6. The number of nitrogens with one attached hydrogen (secondary N) is 4. The summed E-state index contributed by atoms with van der Waals surface area (Å²) in [6, 6.07) is 61.3. The minimum absolute atomic E-state index is 0.219.